The summed E-state index contributed by atoms with van der Waals surface area (Å²) in [5.41, 5.74) is 7.20. The van der Waals surface area contributed by atoms with E-state index in [1.165, 1.54) is 0 Å². The van der Waals surface area contributed by atoms with Crippen LogP contribution in [0.4, 0.5) is 0 Å². The molecule has 10 nitrogen and oxygen atoms in total. The van der Waals surface area contributed by atoms with Crippen LogP contribution < -0.4 is 16.4 Å². The average Bonchev–Trinajstić information content (AvgIpc) is 3.37. The molecule has 3 saturated heterocycles. The lowest BCUT2D eigenvalue weighted by Gasteiger charge is -2.27. The molecule has 158 valence electrons. The van der Waals surface area contributed by atoms with Crippen molar-refractivity contribution in [2.75, 3.05) is 13.2 Å². The van der Waals surface area contributed by atoms with E-state index in [0.29, 0.717) is 30.9 Å². The molecule has 30 heavy (non-hydrogen) atoms. The molecule has 0 spiro atoms. The summed E-state index contributed by atoms with van der Waals surface area (Å²) in [6, 6.07) is 3.87. The monoisotopic (exact) mass is 414 g/mol. The van der Waals surface area contributed by atoms with E-state index in [2.05, 4.69) is 10.6 Å². The van der Waals surface area contributed by atoms with Gasteiger partial charge in [0.05, 0.1) is 36.4 Å². The van der Waals surface area contributed by atoms with Crippen molar-refractivity contribution in [3.63, 3.8) is 0 Å². The molecule has 0 aliphatic carbocycles. The quantitative estimate of drug-likeness (QED) is 0.515. The number of carbonyl (C=O) groups excluding carboxylic acids is 4. The van der Waals surface area contributed by atoms with E-state index < -0.39 is 29.7 Å². The number of hydrogen-bond donors (Lipinski definition) is 3. The van der Waals surface area contributed by atoms with Crippen LogP contribution in [0, 0.1) is 0 Å². The van der Waals surface area contributed by atoms with Crippen molar-refractivity contribution >= 4 is 23.6 Å². The Bertz CT molecular complexity index is 949. The summed E-state index contributed by atoms with van der Waals surface area (Å²) >= 11 is 0. The molecule has 4 N–H and O–H groups in total. The highest BCUT2D eigenvalue weighted by Crippen LogP contribution is 2.31. The second-order valence-electron chi connectivity index (χ2n) is 8.03. The zero-order valence-electron chi connectivity index (χ0n) is 16.1. The van der Waals surface area contributed by atoms with Gasteiger partial charge in [-0.15, -0.1) is 0 Å². The fourth-order valence-corrected chi connectivity index (χ4v) is 4.68. The summed E-state index contributed by atoms with van der Waals surface area (Å²) in [6.45, 7) is 1.23. The molecule has 10 heteroatoms. The van der Waals surface area contributed by atoms with Crippen LogP contribution in [0.1, 0.15) is 39.1 Å². The van der Waals surface area contributed by atoms with Crippen molar-refractivity contribution in [1.29, 1.82) is 0 Å². The lowest BCUT2D eigenvalue weighted by atomic mass is 10.0. The number of hydrogen-bond acceptors (Lipinski definition) is 8. The Kier molecular flexibility index (Phi) is 4.66. The number of amides is 4. The third-order valence-corrected chi connectivity index (χ3v) is 6.20. The molecule has 1 aromatic rings. The van der Waals surface area contributed by atoms with Crippen LogP contribution in [0.3, 0.4) is 0 Å². The van der Waals surface area contributed by atoms with Crippen LogP contribution in [-0.2, 0) is 25.6 Å². The zero-order chi connectivity index (χ0) is 21.0. The Hall–Kier alpha value is -2.66. The topological polar surface area (TPSA) is 140 Å². The molecule has 0 saturated carbocycles. The summed E-state index contributed by atoms with van der Waals surface area (Å²) in [4.78, 5) is 50.6. The van der Waals surface area contributed by atoms with Gasteiger partial charge in [0, 0.05) is 13.0 Å². The van der Waals surface area contributed by atoms with Crippen LogP contribution in [0.5, 0.6) is 0 Å². The van der Waals surface area contributed by atoms with E-state index in [1.54, 1.807) is 18.2 Å². The van der Waals surface area contributed by atoms with E-state index in [0.717, 1.165) is 4.90 Å². The summed E-state index contributed by atoms with van der Waals surface area (Å²) in [6.07, 6.45) is -0.0710. The first-order valence-corrected chi connectivity index (χ1v) is 10.0. The van der Waals surface area contributed by atoms with Gasteiger partial charge in [0.1, 0.15) is 18.2 Å². The number of nitrogens with two attached hydrogens (primary N) is 1. The van der Waals surface area contributed by atoms with Gasteiger partial charge >= 0.3 is 0 Å². The van der Waals surface area contributed by atoms with Crippen LogP contribution >= 0.6 is 0 Å². The number of benzene rings is 1. The predicted molar refractivity (Wildman–Crippen MR) is 101 cm³/mol. The molecule has 5 rings (SSSR count). The summed E-state index contributed by atoms with van der Waals surface area (Å²) < 4.78 is 11.4. The summed E-state index contributed by atoms with van der Waals surface area (Å²) in [5.74, 6) is -2.05. The standard InChI is InChI=1S/C20H22N4O6/c21-11-7-29-17-12(8-30-16(11)17)22-6-9-2-1-3-10-15(9)20(28)24(19(10)27)13-4-5-14(25)23-18(13)26/h1-3,11-13,16-17,22H,4-8,21H2,(H,23,25,26)/t11-,12-,13?,16+,17+/m0/s1. The first kappa shape index (κ1) is 19.3. The molecule has 4 aliphatic heterocycles. The fourth-order valence-electron chi connectivity index (χ4n) is 4.68. The Morgan fingerprint density at radius 3 is 2.70 bits per heavy atom. The first-order valence-electron chi connectivity index (χ1n) is 10.0. The maximum Gasteiger partial charge on any atom is 0.262 e. The van der Waals surface area contributed by atoms with E-state index in [9.17, 15) is 19.2 Å². The van der Waals surface area contributed by atoms with Gasteiger partial charge in [-0.2, -0.15) is 0 Å². The molecule has 5 atom stereocenters. The van der Waals surface area contributed by atoms with Gasteiger partial charge in [-0.1, -0.05) is 12.1 Å². The van der Waals surface area contributed by atoms with Gasteiger partial charge in [-0.25, -0.2) is 0 Å². The predicted octanol–water partition coefficient (Wildman–Crippen LogP) is -1.33. The molecule has 4 heterocycles. The van der Waals surface area contributed by atoms with Crippen molar-refractivity contribution in [1.82, 2.24) is 15.5 Å². The van der Waals surface area contributed by atoms with E-state index in [1.807, 2.05) is 0 Å². The van der Waals surface area contributed by atoms with Crippen molar-refractivity contribution in [3.05, 3.63) is 34.9 Å². The fraction of sp³-hybridized carbons (Fsp3) is 0.500. The minimum absolute atomic E-state index is 0.0714. The number of fused-ring (bicyclic) bond motifs is 2. The van der Waals surface area contributed by atoms with Gasteiger partial charge in [-0.3, -0.25) is 29.4 Å². The highest BCUT2D eigenvalue weighted by Gasteiger charge is 2.47. The smallest absolute Gasteiger partial charge is 0.262 e. The lowest BCUT2D eigenvalue weighted by molar-refractivity contribution is -0.136. The maximum atomic E-state index is 13.1. The highest BCUT2D eigenvalue weighted by molar-refractivity contribution is 6.24. The molecule has 4 aliphatic rings. The number of piperidine rings is 1. The molecule has 1 unspecified atom stereocenters. The van der Waals surface area contributed by atoms with Crippen molar-refractivity contribution in [2.45, 2.75) is 49.7 Å². The van der Waals surface area contributed by atoms with E-state index >= 15 is 0 Å². The van der Waals surface area contributed by atoms with Gasteiger partial charge in [-0.05, 0) is 18.1 Å². The zero-order valence-corrected chi connectivity index (χ0v) is 16.1. The largest absolute Gasteiger partial charge is 0.372 e. The highest BCUT2D eigenvalue weighted by atomic mass is 16.6. The van der Waals surface area contributed by atoms with Crippen LogP contribution in [0.2, 0.25) is 0 Å². The average molecular weight is 414 g/mol. The lowest BCUT2D eigenvalue weighted by Crippen LogP contribution is -2.54. The number of nitrogens with zero attached hydrogens (tertiary/aromatic N) is 1. The number of imide groups is 2. The van der Waals surface area contributed by atoms with Gasteiger partial charge in [0.15, 0.2) is 0 Å². The molecule has 4 amide bonds. The summed E-state index contributed by atoms with van der Waals surface area (Å²) in [7, 11) is 0. The van der Waals surface area contributed by atoms with E-state index in [4.69, 9.17) is 15.2 Å². The Morgan fingerprint density at radius 1 is 1.10 bits per heavy atom. The number of carbonyl (C=O) groups is 4. The van der Waals surface area contributed by atoms with Gasteiger partial charge < -0.3 is 20.5 Å². The van der Waals surface area contributed by atoms with Gasteiger partial charge in [0.25, 0.3) is 11.8 Å². The third-order valence-electron chi connectivity index (χ3n) is 6.20. The van der Waals surface area contributed by atoms with Crippen LogP contribution in [0.15, 0.2) is 18.2 Å². The molecular weight excluding hydrogens is 392 g/mol. The molecule has 0 aromatic heterocycles. The molecule has 3 fully saturated rings. The number of rotatable bonds is 4. The maximum absolute atomic E-state index is 13.1. The molecule has 1 aromatic carbocycles. The molecular formula is C20H22N4O6. The Morgan fingerprint density at radius 2 is 1.90 bits per heavy atom. The normalized spacial score (nSPS) is 33.1. The Balaban J connectivity index is 1.35. The van der Waals surface area contributed by atoms with Crippen molar-refractivity contribution in [2.24, 2.45) is 5.73 Å². The Labute approximate surface area is 172 Å². The van der Waals surface area contributed by atoms with Crippen molar-refractivity contribution in [3.8, 4) is 0 Å². The minimum atomic E-state index is -0.978. The van der Waals surface area contributed by atoms with Crippen molar-refractivity contribution < 1.29 is 28.7 Å². The SMILES string of the molecule is N[C@H]1CO[C@H]2[C@@H]1OC[C@@H]2NCc1cccc2c1C(=O)N(C1CCC(=O)NC1=O)C2=O. The van der Waals surface area contributed by atoms with Crippen LogP contribution in [-0.4, -0.2) is 72.1 Å². The number of nitrogens with one attached hydrogen (secondary N) is 2. The second-order valence-corrected chi connectivity index (χ2v) is 8.03. The molecule has 0 bridgehead atoms. The first-order chi connectivity index (χ1) is 14.5. The van der Waals surface area contributed by atoms with Gasteiger partial charge in [0.2, 0.25) is 11.8 Å². The minimum Gasteiger partial charge on any atom is -0.372 e. The summed E-state index contributed by atoms with van der Waals surface area (Å²) in [5, 5.41) is 5.55. The number of ether oxygens (including phenoxy) is 2. The molecule has 0 radical (unpaired) electrons. The van der Waals surface area contributed by atoms with Crippen LogP contribution in [0.25, 0.3) is 0 Å². The second kappa shape index (κ2) is 7.24. The third kappa shape index (κ3) is 2.95. The van der Waals surface area contributed by atoms with E-state index in [-0.39, 0.29) is 42.7 Å².